The summed E-state index contributed by atoms with van der Waals surface area (Å²) < 4.78 is 27.7. The highest BCUT2D eigenvalue weighted by Gasteiger charge is 2.25. The van der Waals surface area contributed by atoms with E-state index in [0.717, 1.165) is 0 Å². The molecule has 0 heterocycles. The first-order valence-corrected chi connectivity index (χ1v) is 7.39. The lowest BCUT2D eigenvalue weighted by Gasteiger charge is -2.18. The van der Waals surface area contributed by atoms with Crippen molar-refractivity contribution in [2.24, 2.45) is 0 Å². The molecule has 0 spiro atoms. The van der Waals surface area contributed by atoms with Gasteiger partial charge in [-0.05, 0) is 26.0 Å². The van der Waals surface area contributed by atoms with Crippen LogP contribution in [0.5, 0.6) is 5.75 Å². The average molecular weight is 274 g/mol. The zero-order valence-electron chi connectivity index (χ0n) is 10.6. The summed E-state index contributed by atoms with van der Waals surface area (Å²) in [7, 11) is -3.24. The van der Waals surface area contributed by atoms with Gasteiger partial charge >= 0.3 is 7.60 Å². The SMILES string of the molecule is CCOP(=O)(COc1cc(N)ccc1N)OCC. The Labute approximate surface area is 107 Å². The Morgan fingerprint density at radius 3 is 2.33 bits per heavy atom. The van der Waals surface area contributed by atoms with Crippen molar-refractivity contribution in [1.29, 1.82) is 0 Å². The highest BCUT2D eigenvalue weighted by molar-refractivity contribution is 7.53. The Bertz CT molecular complexity index is 429. The van der Waals surface area contributed by atoms with Gasteiger partial charge in [-0.3, -0.25) is 4.57 Å². The number of benzene rings is 1. The average Bonchev–Trinajstić information content (AvgIpc) is 2.31. The highest BCUT2D eigenvalue weighted by Crippen LogP contribution is 2.48. The second kappa shape index (κ2) is 6.64. The number of rotatable bonds is 7. The fourth-order valence-electron chi connectivity index (χ4n) is 1.33. The van der Waals surface area contributed by atoms with E-state index in [1.165, 1.54) is 0 Å². The van der Waals surface area contributed by atoms with Crippen LogP contribution in [0, 0.1) is 0 Å². The number of anilines is 2. The van der Waals surface area contributed by atoms with Crippen LogP contribution in [0.25, 0.3) is 0 Å². The van der Waals surface area contributed by atoms with E-state index in [2.05, 4.69) is 0 Å². The van der Waals surface area contributed by atoms with Gasteiger partial charge < -0.3 is 25.3 Å². The second-order valence-electron chi connectivity index (χ2n) is 3.52. The molecule has 0 aliphatic rings. The van der Waals surface area contributed by atoms with Crippen LogP contribution < -0.4 is 16.2 Å². The maximum absolute atomic E-state index is 12.1. The van der Waals surface area contributed by atoms with Crippen molar-refractivity contribution in [3.05, 3.63) is 18.2 Å². The molecule has 0 radical (unpaired) electrons. The normalized spacial score (nSPS) is 11.4. The molecule has 0 fully saturated rings. The third kappa shape index (κ3) is 4.22. The maximum atomic E-state index is 12.1. The summed E-state index contributed by atoms with van der Waals surface area (Å²) in [6.45, 7) is 4.04. The standard InChI is InChI=1S/C11H19N2O4P/c1-3-16-18(14,17-4-2)8-15-11-7-9(12)5-6-10(11)13/h5-7H,3-4,8,12-13H2,1-2H3. The van der Waals surface area contributed by atoms with Crippen LogP contribution in [0.2, 0.25) is 0 Å². The molecule has 1 aromatic carbocycles. The monoisotopic (exact) mass is 274 g/mol. The van der Waals surface area contributed by atoms with Gasteiger partial charge in [0.2, 0.25) is 0 Å². The van der Waals surface area contributed by atoms with Crippen molar-refractivity contribution in [2.45, 2.75) is 13.8 Å². The van der Waals surface area contributed by atoms with Crippen LogP contribution in [-0.4, -0.2) is 19.6 Å². The molecule has 0 saturated heterocycles. The molecule has 102 valence electrons. The molecule has 0 unspecified atom stereocenters. The quantitative estimate of drug-likeness (QED) is 0.585. The molecule has 0 aliphatic carbocycles. The highest BCUT2D eigenvalue weighted by atomic mass is 31.2. The fraction of sp³-hybridized carbons (Fsp3) is 0.455. The van der Waals surface area contributed by atoms with Gasteiger partial charge in [0.25, 0.3) is 0 Å². The van der Waals surface area contributed by atoms with E-state index in [1.807, 2.05) is 0 Å². The van der Waals surface area contributed by atoms with Gasteiger partial charge in [0.1, 0.15) is 5.75 Å². The van der Waals surface area contributed by atoms with E-state index >= 15 is 0 Å². The Kier molecular flexibility index (Phi) is 5.47. The first kappa shape index (κ1) is 14.8. The Hall–Kier alpha value is -1.23. The van der Waals surface area contributed by atoms with Gasteiger partial charge in [-0.25, -0.2) is 0 Å². The van der Waals surface area contributed by atoms with Crippen LogP contribution in [0.15, 0.2) is 18.2 Å². The molecule has 1 aromatic rings. The van der Waals surface area contributed by atoms with E-state index in [1.54, 1.807) is 32.0 Å². The lowest BCUT2D eigenvalue weighted by Crippen LogP contribution is -2.07. The summed E-state index contributed by atoms with van der Waals surface area (Å²) in [6.07, 6.45) is -0.192. The Morgan fingerprint density at radius 1 is 1.17 bits per heavy atom. The molecule has 0 bridgehead atoms. The van der Waals surface area contributed by atoms with Crippen molar-refractivity contribution < 1.29 is 18.3 Å². The molecule has 0 aromatic heterocycles. The van der Waals surface area contributed by atoms with E-state index in [0.29, 0.717) is 17.1 Å². The third-order valence-corrected chi connectivity index (χ3v) is 3.82. The van der Waals surface area contributed by atoms with E-state index in [9.17, 15) is 4.57 Å². The van der Waals surface area contributed by atoms with Gasteiger partial charge in [0, 0.05) is 11.8 Å². The molecule has 0 saturated carbocycles. The van der Waals surface area contributed by atoms with Crippen molar-refractivity contribution in [1.82, 2.24) is 0 Å². The predicted molar refractivity (Wildman–Crippen MR) is 71.6 cm³/mol. The lowest BCUT2D eigenvalue weighted by atomic mass is 10.3. The topological polar surface area (TPSA) is 96.8 Å². The van der Waals surface area contributed by atoms with E-state index < -0.39 is 7.60 Å². The minimum absolute atomic E-state index is 0.192. The molecule has 18 heavy (non-hydrogen) atoms. The zero-order chi connectivity index (χ0) is 13.6. The van der Waals surface area contributed by atoms with Crippen molar-refractivity contribution in [3.8, 4) is 5.75 Å². The zero-order valence-corrected chi connectivity index (χ0v) is 11.5. The van der Waals surface area contributed by atoms with Gasteiger partial charge in [0.15, 0.2) is 6.35 Å². The lowest BCUT2D eigenvalue weighted by molar-refractivity contribution is 0.197. The molecule has 0 atom stereocenters. The third-order valence-electron chi connectivity index (χ3n) is 2.07. The summed E-state index contributed by atoms with van der Waals surface area (Å²) in [5.41, 5.74) is 12.3. The molecule has 6 nitrogen and oxygen atoms in total. The predicted octanol–water partition coefficient (Wildman–Crippen LogP) is 2.45. The second-order valence-corrected chi connectivity index (χ2v) is 5.51. The summed E-state index contributed by atoms with van der Waals surface area (Å²) in [5.74, 6) is 0.370. The van der Waals surface area contributed by atoms with Gasteiger partial charge in [-0.1, -0.05) is 0 Å². The summed E-state index contributed by atoms with van der Waals surface area (Å²) in [4.78, 5) is 0. The molecule has 4 N–H and O–H groups in total. The maximum Gasteiger partial charge on any atom is 0.367 e. The smallest absolute Gasteiger partial charge is 0.367 e. The van der Waals surface area contributed by atoms with Crippen LogP contribution in [-0.2, 0) is 13.6 Å². The number of hydrogen-bond donors (Lipinski definition) is 2. The van der Waals surface area contributed by atoms with Crippen LogP contribution >= 0.6 is 7.60 Å². The molecular formula is C11H19N2O4P. The summed E-state index contributed by atoms with van der Waals surface area (Å²) in [5, 5.41) is 0. The Balaban J connectivity index is 2.72. The molecule has 7 heteroatoms. The number of nitrogens with two attached hydrogens (primary N) is 2. The van der Waals surface area contributed by atoms with Crippen LogP contribution in [0.1, 0.15) is 13.8 Å². The van der Waals surface area contributed by atoms with Crippen LogP contribution in [0.4, 0.5) is 11.4 Å². The van der Waals surface area contributed by atoms with Crippen molar-refractivity contribution in [2.75, 3.05) is 31.0 Å². The first-order valence-electron chi connectivity index (χ1n) is 5.66. The first-order chi connectivity index (χ1) is 8.50. The molecular weight excluding hydrogens is 255 g/mol. The largest absolute Gasteiger partial charge is 0.479 e. The minimum Gasteiger partial charge on any atom is -0.479 e. The molecule has 1 rings (SSSR count). The Morgan fingerprint density at radius 2 is 1.78 bits per heavy atom. The molecule has 0 aliphatic heterocycles. The van der Waals surface area contributed by atoms with E-state index in [-0.39, 0.29) is 19.6 Å². The van der Waals surface area contributed by atoms with E-state index in [4.69, 9.17) is 25.3 Å². The van der Waals surface area contributed by atoms with Crippen molar-refractivity contribution >= 4 is 19.0 Å². The van der Waals surface area contributed by atoms with Gasteiger partial charge in [-0.2, -0.15) is 0 Å². The minimum atomic E-state index is -3.24. The molecule has 0 amide bonds. The van der Waals surface area contributed by atoms with Gasteiger partial charge in [-0.15, -0.1) is 0 Å². The number of nitrogen functional groups attached to an aromatic ring is 2. The van der Waals surface area contributed by atoms with Gasteiger partial charge in [0.05, 0.1) is 18.9 Å². The van der Waals surface area contributed by atoms with Crippen LogP contribution in [0.3, 0.4) is 0 Å². The summed E-state index contributed by atoms with van der Waals surface area (Å²) >= 11 is 0. The number of hydrogen-bond acceptors (Lipinski definition) is 6. The number of ether oxygens (including phenoxy) is 1. The fourth-order valence-corrected chi connectivity index (χ4v) is 2.64. The van der Waals surface area contributed by atoms with Crippen molar-refractivity contribution in [3.63, 3.8) is 0 Å². The summed E-state index contributed by atoms with van der Waals surface area (Å²) in [6, 6.07) is 4.85.